The van der Waals surface area contributed by atoms with Gasteiger partial charge in [0.25, 0.3) is 0 Å². The van der Waals surface area contributed by atoms with Crippen LogP contribution in [0, 0.1) is 6.92 Å². The highest BCUT2D eigenvalue weighted by molar-refractivity contribution is 5.82. The highest BCUT2D eigenvalue weighted by Crippen LogP contribution is 2.34. The van der Waals surface area contributed by atoms with Crippen molar-refractivity contribution >= 4 is 17.4 Å². The quantitative estimate of drug-likeness (QED) is 0.520. The van der Waals surface area contributed by atoms with Crippen LogP contribution in [0.2, 0.25) is 0 Å². The average molecular weight is 455 g/mol. The van der Waals surface area contributed by atoms with E-state index in [9.17, 15) is 4.79 Å². The number of likely N-dealkylation sites (tertiary alicyclic amines) is 1. The zero-order valence-corrected chi connectivity index (χ0v) is 19.2. The minimum Gasteiger partial charge on any atom is -0.355 e. The van der Waals surface area contributed by atoms with Crippen LogP contribution in [0.3, 0.4) is 0 Å². The van der Waals surface area contributed by atoms with Gasteiger partial charge in [-0.2, -0.15) is 21.2 Å². The van der Waals surface area contributed by atoms with E-state index in [4.69, 9.17) is 15.8 Å². The topological polar surface area (TPSA) is 119 Å². The van der Waals surface area contributed by atoms with Crippen LogP contribution < -0.4 is 27.1 Å². The van der Waals surface area contributed by atoms with Crippen LogP contribution in [0.4, 0.5) is 5.82 Å². The van der Waals surface area contributed by atoms with Gasteiger partial charge in [-0.15, -0.1) is 0 Å². The normalized spacial score (nSPS) is 30.8. The summed E-state index contributed by atoms with van der Waals surface area (Å²) in [5.41, 5.74) is 18.3. The monoisotopic (exact) mass is 454 g/mol. The van der Waals surface area contributed by atoms with Gasteiger partial charge in [-0.1, -0.05) is 0 Å². The maximum Gasteiger partial charge on any atom is 0.242 e. The Kier molecular flexibility index (Phi) is 5.46. The molecule has 2 aromatic heterocycles. The minimum absolute atomic E-state index is 0.0131. The molecule has 2 aromatic rings. The fraction of sp³-hybridized carbons (Fsp3) is 0.682. The number of anilines is 1. The van der Waals surface area contributed by atoms with Gasteiger partial charge in [0.15, 0.2) is 5.65 Å². The number of nitrogens with zero attached hydrogens (tertiary/aromatic N) is 6. The van der Waals surface area contributed by atoms with Crippen molar-refractivity contribution in [3.8, 4) is 0 Å². The van der Waals surface area contributed by atoms with Gasteiger partial charge in [0, 0.05) is 43.5 Å². The van der Waals surface area contributed by atoms with Crippen molar-refractivity contribution in [1.82, 2.24) is 41.0 Å². The van der Waals surface area contributed by atoms with Crippen LogP contribution in [0.15, 0.2) is 12.3 Å². The molecule has 4 atom stereocenters. The number of piperidine rings is 2. The molecule has 4 aliphatic heterocycles. The Labute approximate surface area is 193 Å². The molecule has 5 N–H and O–H groups in total. The Bertz CT molecular complexity index is 1040. The van der Waals surface area contributed by atoms with Gasteiger partial charge in [0.2, 0.25) is 5.91 Å². The van der Waals surface area contributed by atoms with Gasteiger partial charge < -0.3 is 15.5 Å². The Morgan fingerprint density at radius 1 is 1.15 bits per heavy atom. The predicted octanol–water partition coefficient (Wildman–Crippen LogP) is 0.337. The van der Waals surface area contributed by atoms with Crippen molar-refractivity contribution in [2.75, 3.05) is 24.5 Å². The van der Waals surface area contributed by atoms with Gasteiger partial charge in [0.1, 0.15) is 11.9 Å². The number of amides is 1. The van der Waals surface area contributed by atoms with Crippen LogP contribution in [-0.4, -0.2) is 68.3 Å². The molecule has 1 amide bonds. The Hall–Kier alpha value is -2.31. The number of nitrogens with one attached hydrogen (secondary N) is 3. The number of nitrogens with two attached hydrogens (primary N) is 1. The predicted molar refractivity (Wildman–Crippen MR) is 124 cm³/mol. The van der Waals surface area contributed by atoms with Crippen molar-refractivity contribution in [3.05, 3.63) is 23.5 Å². The first-order valence-electron chi connectivity index (χ1n) is 12.3. The van der Waals surface area contributed by atoms with Crippen molar-refractivity contribution in [2.24, 2.45) is 5.73 Å². The Balaban J connectivity index is 1.28. The second kappa shape index (κ2) is 8.48. The van der Waals surface area contributed by atoms with Gasteiger partial charge in [-0.25, -0.2) is 14.9 Å². The fourth-order valence-electron chi connectivity index (χ4n) is 5.90. The second-order valence-corrected chi connectivity index (χ2v) is 9.91. The van der Waals surface area contributed by atoms with E-state index < -0.39 is 0 Å². The number of carbonyl (C=O) groups excluding carboxylic acids is 1. The summed E-state index contributed by atoms with van der Waals surface area (Å²) in [5.74, 6) is 1.18. The average Bonchev–Trinajstić information content (AvgIpc) is 3.57. The molecule has 33 heavy (non-hydrogen) atoms. The summed E-state index contributed by atoms with van der Waals surface area (Å²) in [4.78, 5) is 23.0. The summed E-state index contributed by atoms with van der Waals surface area (Å²) in [7, 11) is 0. The fourth-order valence-corrected chi connectivity index (χ4v) is 5.90. The van der Waals surface area contributed by atoms with Crippen molar-refractivity contribution in [3.63, 3.8) is 0 Å². The first-order valence-corrected chi connectivity index (χ1v) is 12.3. The van der Waals surface area contributed by atoms with Crippen molar-refractivity contribution in [2.45, 2.75) is 76.2 Å². The van der Waals surface area contributed by atoms with Crippen LogP contribution in [0.1, 0.15) is 62.2 Å². The molecule has 2 unspecified atom stereocenters. The molecule has 0 aliphatic carbocycles. The zero-order chi connectivity index (χ0) is 22.5. The highest BCUT2D eigenvalue weighted by Gasteiger charge is 2.42. The van der Waals surface area contributed by atoms with E-state index in [1.807, 2.05) is 9.52 Å². The van der Waals surface area contributed by atoms with E-state index >= 15 is 0 Å². The first kappa shape index (κ1) is 21.2. The molecule has 0 aromatic carbocycles. The molecule has 11 nitrogen and oxygen atoms in total. The first-order chi connectivity index (χ1) is 16.1. The number of aryl methyl sites for hydroxylation is 1. The van der Waals surface area contributed by atoms with Crippen LogP contribution >= 0.6 is 0 Å². The van der Waals surface area contributed by atoms with Crippen LogP contribution in [0.25, 0.3) is 5.65 Å². The summed E-state index contributed by atoms with van der Waals surface area (Å²) in [6.07, 6.45) is 9.19. The van der Waals surface area contributed by atoms with Crippen molar-refractivity contribution < 1.29 is 4.79 Å². The number of hydrazine groups is 3. The van der Waals surface area contributed by atoms with Gasteiger partial charge in [-0.3, -0.25) is 4.79 Å². The van der Waals surface area contributed by atoms with Crippen molar-refractivity contribution in [1.29, 1.82) is 0 Å². The van der Waals surface area contributed by atoms with Gasteiger partial charge >= 0.3 is 0 Å². The number of rotatable bonds is 3. The molecule has 178 valence electrons. The largest absolute Gasteiger partial charge is 0.355 e. The number of hydrogen-bond acceptors (Lipinski definition) is 9. The van der Waals surface area contributed by atoms with Crippen LogP contribution in [0.5, 0.6) is 0 Å². The van der Waals surface area contributed by atoms with E-state index in [1.165, 1.54) is 0 Å². The summed E-state index contributed by atoms with van der Waals surface area (Å²) < 4.78 is 1.87. The van der Waals surface area contributed by atoms with E-state index in [1.54, 1.807) is 0 Å². The minimum atomic E-state index is -0.171. The van der Waals surface area contributed by atoms with E-state index in [2.05, 4.69) is 45.5 Å². The number of carbonyl (C=O) groups is 1. The molecule has 0 bridgehead atoms. The highest BCUT2D eigenvalue weighted by atomic mass is 16.2. The third kappa shape index (κ3) is 3.77. The molecule has 6 rings (SSSR count). The summed E-state index contributed by atoms with van der Waals surface area (Å²) >= 11 is 0. The standard InChI is InChI=1S/C22H34N10O/c1-14-12-31-20(24-21(14)29-10-8-15(23)13-29)11-16(26-31)17-5-2-3-9-30(17)22(33)18-6-4-7-19-25-27-28-32(18)19/h11-12,15,17-19,25,27-28H,2-10,13,23H2,1H3/t15-,17-,18?,19?/m0/s1. The van der Waals surface area contributed by atoms with Gasteiger partial charge in [0.05, 0.1) is 17.9 Å². The molecule has 11 heteroatoms. The van der Waals surface area contributed by atoms with Gasteiger partial charge in [-0.05, 0) is 51.9 Å². The summed E-state index contributed by atoms with van der Waals surface area (Å²) in [6, 6.07) is 2.09. The molecule has 4 fully saturated rings. The number of hydrogen-bond donors (Lipinski definition) is 4. The third-order valence-electron chi connectivity index (χ3n) is 7.61. The smallest absolute Gasteiger partial charge is 0.242 e. The van der Waals surface area contributed by atoms with E-state index in [-0.39, 0.29) is 30.2 Å². The molecule has 0 radical (unpaired) electrons. The Morgan fingerprint density at radius 2 is 2.06 bits per heavy atom. The molecular formula is C22H34N10O. The SMILES string of the molecule is Cc1cn2nc([C@@H]3CCCCN3C(=O)C3CCCC4NNNN43)cc2nc1N1CC[C@H](N)C1. The lowest BCUT2D eigenvalue weighted by atomic mass is 9.95. The summed E-state index contributed by atoms with van der Waals surface area (Å²) in [5, 5.41) is 6.93. The molecule has 4 aliphatic rings. The molecular weight excluding hydrogens is 420 g/mol. The molecule has 4 saturated heterocycles. The lowest BCUT2D eigenvalue weighted by Crippen LogP contribution is -2.58. The molecule has 0 saturated carbocycles. The number of fused-ring (bicyclic) bond motifs is 2. The third-order valence-corrected chi connectivity index (χ3v) is 7.61. The van der Waals surface area contributed by atoms with Crippen LogP contribution in [-0.2, 0) is 4.79 Å². The number of aromatic nitrogens is 3. The lowest BCUT2D eigenvalue weighted by molar-refractivity contribution is -0.145. The molecule has 0 spiro atoms. The second-order valence-electron chi connectivity index (χ2n) is 9.91. The molecule has 6 heterocycles. The maximum absolute atomic E-state index is 13.7. The maximum atomic E-state index is 13.7. The van der Waals surface area contributed by atoms with E-state index in [0.717, 1.165) is 87.3 Å². The Morgan fingerprint density at radius 3 is 2.91 bits per heavy atom. The summed E-state index contributed by atoms with van der Waals surface area (Å²) in [6.45, 7) is 4.63. The van der Waals surface area contributed by atoms with E-state index in [0.29, 0.717) is 0 Å². The lowest BCUT2D eigenvalue weighted by Gasteiger charge is -2.41. The zero-order valence-electron chi connectivity index (χ0n) is 19.2.